The number of benzene rings is 1. The number of hydrogen-bond acceptors (Lipinski definition) is 3. The molecule has 0 aliphatic heterocycles. The van der Waals surface area contributed by atoms with E-state index >= 15 is 0 Å². The van der Waals surface area contributed by atoms with Crippen molar-refractivity contribution in [1.29, 1.82) is 0 Å². The summed E-state index contributed by atoms with van der Waals surface area (Å²) in [6.45, 7) is 4.56. The van der Waals surface area contributed by atoms with Gasteiger partial charge in [-0.05, 0) is 43.2 Å². The van der Waals surface area contributed by atoms with Crippen LogP contribution < -0.4 is 5.32 Å². The van der Waals surface area contributed by atoms with Gasteiger partial charge in [0.15, 0.2) is 0 Å². The van der Waals surface area contributed by atoms with Gasteiger partial charge in [0.1, 0.15) is 5.54 Å². The fraction of sp³-hybridized carbons (Fsp3) is 0.611. The van der Waals surface area contributed by atoms with Gasteiger partial charge < -0.3 is 10.1 Å². The minimum absolute atomic E-state index is 0.129. The Bertz CT molecular complexity index is 458. The number of carbonyl (C=O) groups excluding carboxylic acids is 1. The fourth-order valence-electron chi connectivity index (χ4n) is 3.41. The molecule has 116 valence electrons. The second-order valence-corrected chi connectivity index (χ2v) is 6.50. The number of carbonyl (C=O) groups is 1. The van der Waals surface area contributed by atoms with Gasteiger partial charge in [-0.1, -0.05) is 44.9 Å². The summed E-state index contributed by atoms with van der Waals surface area (Å²) in [5.74, 6) is 1.25. The van der Waals surface area contributed by atoms with Crippen molar-refractivity contribution in [2.45, 2.75) is 51.5 Å². The molecule has 3 nitrogen and oxygen atoms in total. The molecule has 1 aliphatic carbocycles. The number of esters is 1. The smallest absolute Gasteiger partial charge is 0.331 e. The largest absolute Gasteiger partial charge is 0.467 e. The lowest BCUT2D eigenvalue weighted by atomic mass is 9.86. The van der Waals surface area contributed by atoms with E-state index in [9.17, 15) is 4.79 Å². The first-order chi connectivity index (χ1) is 10.1. The lowest BCUT2D eigenvalue weighted by molar-refractivity contribution is -0.146. The number of rotatable bonds is 4. The monoisotopic (exact) mass is 289 g/mol. The van der Waals surface area contributed by atoms with Gasteiger partial charge in [0, 0.05) is 5.69 Å². The van der Waals surface area contributed by atoms with Gasteiger partial charge in [-0.3, -0.25) is 0 Å². The number of nitrogens with one attached hydrogen (secondary N) is 1. The fourth-order valence-corrected chi connectivity index (χ4v) is 3.41. The third kappa shape index (κ3) is 3.78. The molecule has 1 aromatic carbocycles. The van der Waals surface area contributed by atoms with Crippen molar-refractivity contribution in [2.24, 2.45) is 11.8 Å². The standard InChI is InChI=1S/C18H27NO2/c1-14(2)15-8-7-12-18(13-11-15,17(20)21-3)19-16-9-5-4-6-10-16/h4-6,9-10,14-15,19H,7-8,11-13H2,1-3H3. The molecule has 21 heavy (non-hydrogen) atoms. The number of anilines is 1. The van der Waals surface area contributed by atoms with Crippen LogP contribution in [0.3, 0.4) is 0 Å². The Kier molecular flexibility index (Phi) is 5.27. The van der Waals surface area contributed by atoms with E-state index in [4.69, 9.17) is 4.74 Å². The van der Waals surface area contributed by atoms with Gasteiger partial charge in [0.05, 0.1) is 7.11 Å². The summed E-state index contributed by atoms with van der Waals surface area (Å²) >= 11 is 0. The Hall–Kier alpha value is -1.51. The molecule has 2 atom stereocenters. The van der Waals surface area contributed by atoms with Gasteiger partial charge >= 0.3 is 5.97 Å². The maximum Gasteiger partial charge on any atom is 0.331 e. The third-order valence-electron chi connectivity index (χ3n) is 4.80. The zero-order valence-electron chi connectivity index (χ0n) is 13.4. The molecule has 2 unspecified atom stereocenters. The molecule has 1 saturated carbocycles. The second kappa shape index (κ2) is 6.97. The minimum atomic E-state index is -0.570. The topological polar surface area (TPSA) is 38.3 Å². The second-order valence-electron chi connectivity index (χ2n) is 6.50. The van der Waals surface area contributed by atoms with Crippen LogP contribution in [0.25, 0.3) is 0 Å². The van der Waals surface area contributed by atoms with Crippen molar-refractivity contribution < 1.29 is 9.53 Å². The quantitative estimate of drug-likeness (QED) is 0.665. The molecule has 3 heteroatoms. The van der Waals surface area contributed by atoms with E-state index in [1.165, 1.54) is 13.5 Å². The van der Waals surface area contributed by atoms with Crippen molar-refractivity contribution >= 4 is 11.7 Å². The van der Waals surface area contributed by atoms with Crippen LogP contribution in [0.2, 0.25) is 0 Å². The minimum Gasteiger partial charge on any atom is -0.467 e. The maximum atomic E-state index is 12.4. The highest BCUT2D eigenvalue weighted by Crippen LogP contribution is 2.36. The van der Waals surface area contributed by atoms with Crippen molar-refractivity contribution in [1.82, 2.24) is 0 Å². The maximum absolute atomic E-state index is 12.4. The van der Waals surface area contributed by atoms with E-state index in [0.29, 0.717) is 11.8 Å². The first-order valence-electron chi connectivity index (χ1n) is 7.99. The lowest BCUT2D eigenvalue weighted by Crippen LogP contribution is -2.47. The predicted molar refractivity (Wildman–Crippen MR) is 86.2 cm³/mol. The molecule has 1 N–H and O–H groups in total. The van der Waals surface area contributed by atoms with E-state index in [0.717, 1.165) is 31.4 Å². The Morgan fingerprint density at radius 2 is 1.95 bits per heavy atom. The Labute approximate surface area is 128 Å². The van der Waals surface area contributed by atoms with Crippen LogP contribution in [0.15, 0.2) is 30.3 Å². The summed E-state index contributed by atoms with van der Waals surface area (Å²) in [5, 5.41) is 3.47. The average molecular weight is 289 g/mol. The number of ether oxygens (including phenoxy) is 1. The molecule has 0 aromatic heterocycles. The zero-order valence-corrected chi connectivity index (χ0v) is 13.4. The molecule has 0 heterocycles. The van der Waals surface area contributed by atoms with Gasteiger partial charge in [-0.2, -0.15) is 0 Å². The van der Waals surface area contributed by atoms with Crippen LogP contribution in [0.4, 0.5) is 5.69 Å². The molecular weight excluding hydrogens is 262 g/mol. The van der Waals surface area contributed by atoms with Gasteiger partial charge in [-0.15, -0.1) is 0 Å². The Morgan fingerprint density at radius 3 is 2.57 bits per heavy atom. The molecule has 1 aliphatic rings. The van der Waals surface area contributed by atoms with E-state index in [1.807, 2.05) is 30.3 Å². The third-order valence-corrected chi connectivity index (χ3v) is 4.80. The van der Waals surface area contributed by atoms with Gasteiger partial charge in [0.25, 0.3) is 0 Å². The summed E-state index contributed by atoms with van der Waals surface area (Å²) in [6.07, 6.45) is 5.03. The molecular formula is C18H27NO2. The molecule has 0 amide bonds. The lowest BCUT2D eigenvalue weighted by Gasteiger charge is -2.32. The van der Waals surface area contributed by atoms with Crippen molar-refractivity contribution in [3.05, 3.63) is 30.3 Å². The van der Waals surface area contributed by atoms with Crippen LogP contribution >= 0.6 is 0 Å². The number of methoxy groups -OCH3 is 1. The van der Waals surface area contributed by atoms with Gasteiger partial charge in [-0.25, -0.2) is 4.79 Å². The van der Waals surface area contributed by atoms with Crippen LogP contribution in [0.5, 0.6) is 0 Å². The van der Waals surface area contributed by atoms with Crippen LogP contribution in [0, 0.1) is 11.8 Å². The molecule has 2 rings (SSSR count). The van der Waals surface area contributed by atoms with Crippen molar-refractivity contribution in [3.8, 4) is 0 Å². The van der Waals surface area contributed by atoms with Crippen LogP contribution in [-0.2, 0) is 9.53 Å². The average Bonchev–Trinajstić information content (AvgIpc) is 2.71. The highest BCUT2D eigenvalue weighted by atomic mass is 16.5. The molecule has 0 bridgehead atoms. The molecule has 0 radical (unpaired) electrons. The zero-order chi connectivity index (χ0) is 15.3. The summed E-state index contributed by atoms with van der Waals surface area (Å²) < 4.78 is 5.12. The highest BCUT2D eigenvalue weighted by molar-refractivity contribution is 5.84. The first kappa shape index (κ1) is 15.9. The first-order valence-corrected chi connectivity index (χ1v) is 7.99. The summed E-state index contributed by atoms with van der Waals surface area (Å²) in [6, 6.07) is 9.98. The summed E-state index contributed by atoms with van der Waals surface area (Å²) in [5.41, 5.74) is 0.422. The predicted octanol–water partition coefficient (Wildman–Crippen LogP) is 4.25. The Morgan fingerprint density at radius 1 is 1.24 bits per heavy atom. The van der Waals surface area contributed by atoms with Gasteiger partial charge in [0.2, 0.25) is 0 Å². The normalized spacial score (nSPS) is 26.2. The van der Waals surface area contributed by atoms with Crippen molar-refractivity contribution in [3.63, 3.8) is 0 Å². The SMILES string of the molecule is COC(=O)C1(Nc2ccccc2)CCCC(C(C)C)CC1. The van der Waals surface area contributed by atoms with E-state index in [1.54, 1.807) is 0 Å². The molecule has 1 fully saturated rings. The highest BCUT2D eigenvalue weighted by Gasteiger charge is 2.41. The van der Waals surface area contributed by atoms with Crippen LogP contribution in [0.1, 0.15) is 46.0 Å². The molecule has 1 aromatic rings. The summed E-state index contributed by atoms with van der Waals surface area (Å²) in [7, 11) is 1.49. The van der Waals surface area contributed by atoms with E-state index in [2.05, 4.69) is 19.2 Å². The number of para-hydroxylation sites is 1. The molecule has 0 saturated heterocycles. The molecule has 0 spiro atoms. The number of hydrogen-bond donors (Lipinski definition) is 1. The van der Waals surface area contributed by atoms with Crippen molar-refractivity contribution in [2.75, 3.05) is 12.4 Å². The van der Waals surface area contributed by atoms with E-state index in [-0.39, 0.29) is 5.97 Å². The van der Waals surface area contributed by atoms with E-state index < -0.39 is 5.54 Å². The van der Waals surface area contributed by atoms with Crippen LogP contribution in [-0.4, -0.2) is 18.6 Å². The Balaban J connectivity index is 2.19. The summed E-state index contributed by atoms with van der Waals surface area (Å²) in [4.78, 5) is 12.4.